The van der Waals surface area contributed by atoms with Crippen LogP contribution >= 0.6 is 0 Å². The van der Waals surface area contributed by atoms with E-state index in [1.165, 1.54) is 4.31 Å². The Kier molecular flexibility index (Phi) is 8.11. The molecule has 2 atom stereocenters. The highest BCUT2D eigenvalue weighted by Gasteiger charge is 2.27. The molecule has 2 unspecified atom stereocenters. The summed E-state index contributed by atoms with van der Waals surface area (Å²) in [5.41, 5.74) is 1.38. The van der Waals surface area contributed by atoms with Gasteiger partial charge in [-0.1, -0.05) is 6.92 Å². The minimum absolute atomic E-state index is 0.0352. The van der Waals surface area contributed by atoms with Gasteiger partial charge in [0.1, 0.15) is 0 Å². The molecule has 184 valence electrons. The first-order valence-electron chi connectivity index (χ1n) is 12.0. The molecule has 2 N–H and O–H groups in total. The average molecular weight is 481 g/mol. The van der Waals surface area contributed by atoms with Crippen molar-refractivity contribution in [3.8, 4) is 0 Å². The van der Waals surface area contributed by atoms with Crippen LogP contribution in [0.1, 0.15) is 32.6 Å². The van der Waals surface area contributed by atoms with Gasteiger partial charge in [-0.3, -0.25) is 4.79 Å². The number of carbonyl (C=O) groups excluding carboxylic acids is 1. The van der Waals surface area contributed by atoms with E-state index in [1.54, 1.807) is 18.2 Å². The van der Waals surface area contributed by atoms with Crippen LogP contribution in [-0.2, 0) is 24.3 Å². The van der Waals surface area contributed by atoms with Crippen LogP contribution in [0, 0.1) is 5.92 Å². The van der Waals surface area contributed by atoms with E-state index in [2.05, 4.69) is 17.6 Å². The summed E-state index contributed by atoms with van der Waals surface area (Å²) in [4.78, 5) is 14.9. The first-order chi connectivity index (χ1) is 15.9. The maximum atomic E-state index is 13.2. The van der Waals surface area contributed by atoms with Crippen molar-refractivity contribution < 1.29 is 22.7 Å². The van der Waals surface area contributed by atoms with Gasteiger partial charge < -0.3 is 25.0 Å². The highest BCUT2D eigenvalue weighted by Crippen LogP contribution is 2.28. The van der Waals surface area contributed by atoms with E-state index in [-0.39, 0.29) is 23.5 Å². The molecular formula is C23H36N4O5S. The smallest absolute Gasteiger partial charge is 0.243 e. The molecule has 1 aromatic rings. The zero-order chi connectivity index (χ0) is 23.3. The van der Waals surface area contributed by atoms with E-state index in [1.807, 2.05) is 4.90 Å². The summed E-state index contributed by atoms with van der Waals surface area (Å²) in [6.07, 6.45) is 4.37. The van der Waals surface area contributed by atoms with Crippen LogP contribution in [0.2, 0.25) is 0 Å². The van der Waals surface area contributed by atoms with Gasteiger partial charge in [-0.25, -0.2) is 8.42 Å². The maximum absolute atomic E-state index is 13.2. The number of piperidine rings is 1. The number of ether oxygens (including phenoxy) is 2. The highest BCUT2D eigenvalue weighted by molar-refractivity contribution is 7.89. The Bertz CT molecular complexity index is 913. The Morgan fingerprint density at radius 1 is 1.06 bits per heavy atom. The number of hydrogen-bond donors (Lipinski definition) is 2. The third kappa shape index (κ3) is 6.17. The van der Waals surface area contributed by atoms with Gasteiger partial charge in [-0.15, -0.1) is 0 Å². The van der Waals surface area contributed by atoms with Crippen molar-refractivity contribution in [2.75, 3.05) is 69.7 Å². The molecule has 1 aromatic carbocycles. The van der Waals surface area contributed by atoms with E-state index in [9.17, 15) is 13.2 Å². The monoisotopic (exact) mass is 480 g/mol. The quantitative estimate of drug-likeness (QED) is 0.587. The molecular weight excluding hydrogens is 444 g/mol. The van der Waals surface area contributed by atoms with Gasteiger partial charge in [0.2, 0.25) is 15.9 Å². The lowest BCUT2D eigenvalue weighted by atomic mass is 10.0. The minimum atomic E-state index is -3.63. The Morgan fingerprint density at radius 2 is 1.88 bits per heavy atom. The molecule has 0 radical (unpaired) electrons. The van der Waals surface area contributed by atoms with Crippen molar-refractivity contribution in [1.29, 1.82) is 0 Å². The second-order valence-corrected chi connectivity index (χ2v) is 11.1. The summed E-state index contributed by atoms with van der Waals surface area (Å²) in [6.45, 7) is 6.74. The number of benzene rings is 1. The molecule has 0 bridgehead atoms. The maximum Gasteiger partial charge on any atom is 0.243 e. The summed E-state index contributed by atoms with van der Waals surface area (Å²) in [7, 11) is -3.63. The van der Waals surface area contributed by atoms with E-state index in [0.29, 0.717) is 44.5 Å². The van der Waals surface area contributed by atoms with Crippen molar-refractivity contribution in [1.82, 2.24) is 9.21 Å². The molecule has 3 fully saturated rings. The number of likely N-dealkylation sites (tertiary alicyclic amines) is 1. The van der Waals surface area contributed by atoms with Gasteiger partial charge in [0.05, 0.1) is 42.1 Å². The van der Waals surface area contributed by atoms with Crippen molar-refractivity contribution >= 4 is 27.3 Å². The second-order valence-electron chi connectivity index (χ2n) is 9.18. The van der Waals surface area contributed by atoms with Gasteiger partial charge in [-0.2, -0.15) is 4.31 Å². The van der Waals surface area contributed by atoms with Crippen LogP contribution in [0.15, 0.2) is 23.1 Å². The van der Waals surface area contributed by atoms with Crippen LogP contribution in [0.3, 0.4) is 0 Å². The standard InChI is InChI=1S/C23H36N4O5S/c1-18-4-2-8-26(17-18)23(28)16-25-22-14-20(33(29,30)27-9-12-31-13-10-27)6-7-21(22)24-15-19-5-3-11-32-19/h6-7,14,18-19,24-25H,2-5,8-13,15-17H2,1H3. The fourth-order valence-corrected chi connectivity index (χ4v) is 6.08. The van der Waals surface area contributed by atoms with Crippen molar-refractivity contribution in [2.24, 2.45) is 5.92 Å². The third-order valence-corrected chi connectivity index (χ3v) is 8.48. The Labute approximate surface area is 196 Å². The number of hydrogen-bond acceptors (Lipinski definition) is 7. The number of amides is 1. The van der Waals surface area contributed by atoms with Crippen molar-refractivity contribution in [3.05, 3.63) is 18.2 Å². The van der Waals surface area contributed by atoms with Crippen molar-refractivity contribution in [3.63, 3.8) is 0 Å². The lowest BCUT2D eigenvalue weighted by molar-refractivity contribution is -0.130. The van der Waals surface area contributed by atoms with Crippen LogP contribution in [-0.4, -0.2) is 88.7 Å². The lowest BCUT2D eigenvalue weighted by Gasteiger charge is -2.31. The third-order valence-electron chi connectivity index (χ3n) is 6.58. The second kappa shape index (κ2) is 11.0. The Hall–Kier alpha value is -1.88. The van der Waals surface area contributed by atoms with Gasteiger partial charge >= 0.3 is 0 Å². The number of rotatable bonds is 8. The normalized spacial score (nSPS) is 24.6. The van der Waals surface area contributed by atoms with E-state index in [4.69, 9.17) is 9.47 Å². The van der Waals surface area contributed by atoms with E-state index < -0.39 is 10.0 Å². The summed E-state index contributed by atoms with van der Waals surface area (Å²) < 4.78 is 38.8. The fourth-order valence-electron chi connectivity index (χ4n) is 4.65. The number of nitrogens with zero attached hydrogens (tertiary/aromatic N) is 2. The topological polar surface area (TPSA) is 100 Å². The molecule has 0 aromatic heterocycles. The van der Waals surface area contributed by atoms with Crippen LogP contribution in [0.25, 0.3) is 0 Å². The van der Waals surface area contributed by atoms with Gasteiger partial charge in [0.25, 0.3) is 0 Å². The van der Waals surface area contributed by atoms with Gasteiger partial charge in [-0.05, 0) is 49.8 Å². The summed E-state index contributed by atoms with van der Waals surface area (Å²) in [5.74, 6) is 0.543. The number of carbonyl (C=O) groups is 1. The SMILES string of the molecule is CC1CCCN(C(=O)CNc2cc(S(=O)(=O)N3CCOCC3)ccc2NCC2CCCO2)C1. The molecule has 0 saturated carbocycles. The number of sulfonamides is 1. The first kappa shape index (κ1) is 24.3. The average Bonchev–Trinajstić information content (AvgIpc) is 3.35. The van der Waals surface area contributed by atoms with E-state index >= 15 is 0 Å². The predicted molar refractivity (Wildman–Crippen MR) is 127 cm³/mol. The van der Waals surface area contributed by atoms with Crippen molar-refractivity contribution in [2.45, 2.75) is 43.6 Å². The van der Waals surface area contributed by atoms with Crippen LogP contribution in [0.5, 0.6) is 0 Å². The molecule has 3 saturated heterocycles. The number of morpholine rings is 1. The molecule has 10 heteroatoms. The van der Waals surface area contributed by atoms with E-state index in [0.717, 1.165) is 51.1 Å². The zero-order valence-electron chi connectivity index (χ0n) is 19.4. The molecule has 4 rings (SSSR count). The first-order valence-corrected chi connectivity index (χ1v) is 13.5. The Balaban J connectivity index is 1.50. The molecule has 3 aliphatic rings. The number of nitrogens with one attached hydrogen (secondary N) is 2. The van der Waals surface area contributed by atoms with Crippen LogP contribution in [0.4, 0.5) is 11.4 Å². The summed E-state index contributed by atoms with van der Waals surface area (Å²) >= 11 is 0. The molecule has 3 heterocycles. The molecule has 33 heavy (non-hydrogen) atoms. The van der Waals surface area contributed by atoms with Crippen LogP contribution < -0.4 is 10.6 Å². The fraction of sp³-hybridized carbons (Fsp3) is 0.696. The zero-order valence-corrected chi connectivity index (χ0v) is 20.2. The molecule has 1 amide bonds. The molecule has 3 aliphatic heterocycles. The van der Waals surface area contributed by atoms with Gasteiger partial charge in [0, 0.05) is 39.3 Å². The lowest BCUT2D eigenvalue weighted by Crippen LogP contribution is -2.42. The summed E-state index contributed by atoms with van der Waals surface area (Å²) in [6, 6.07) is 5.04. The predicted octanol–water partition coefficient (Wildman–Crippen LogP) is 1.97. The number of anilines is 2. The molecule has 0 aliphatic carbocycles. The Morgan fingerprint density at radius 3 is 2.61 bits per heavy atom. The van der Waals surface area contributed by atoms with Gasteiger partial charge in [0.15, 0.2) is 0 Å². The minimum Gasteiger partial charge on any atom is -0.381 e. The summed E-state index contributed by atoms with van der Waals surface area (Å²) in [5, 5.41) is 6.60. The largest absolute Gasteiger partial charge is 0.381 e. The molecule has 9 nitrogen and oxygen atoms in total. The highest BCUT2D eigenvalue weighted by atomic mass is 32.2. The molecule has 0 spiro atoms.